The molecule has 0 saturated carbocycles. The highest BCUT2D eigenvalue weighted by molar-refractivity contribution is 6.06. The summed E-state index contributed by atoms with van der Waals surface area (Å²) in [4.78, 5) is 0.136. The average Bonchev–Trinajstić information content (AvgIpc) is 2.54. The minimum atomic E-state index is -0.00537. The van der Waals surface area contributed by atoms with Gasteiger partial charge in [-0.2, -0.15) is 0 Å². The highest BCUT2D eigenvalue weighted by Crippen LogP contribution is 2.35. The molecule has 0 amide bonds. The monoisotopic (exact) mass is 196 g/mol. The van der Waals surface area contributed by atoms with E-state index in [-0.39, 0.29) is 38.7 Å². The Bertz CT molecular complexity index is 519. The van der Waals surface area contributed by atoms with Crippen LogP contribution < -0.4 is 27.8 Å². The van der Waals surface area contributed by atoms with Crippen LogP contribution in [0.15, 0.2) is 4.63 Å². The van der Waals surface area contributed by atoms with Gasteiger partial charge in [0.05, 0.1) is 11.4 Å². The lowest BCUT2D eigenvalue weighted by Gasteiger charge is -2.05. The highest BCUT2D eigenvalue weighted by Gasteiger charge is 2.22. The summed E-state index contributed by atoms with van der Waals surface area (Å²) < 4.78 is 4.33. The van der Waals surface area contributed by atoms with Crippen molar-refractivity contribution >= 4 is 33.8 Å². The number of rotatable bonds is 0. The maximum absolute atomic E-state index is 11.1. The highest BCUT2D eigenvalue weighted by atomic mass is 16.8. The molecular formula is C6H8N6O2. The Morgan fingerprint density at radius 1 is 1.00 bits per heavy atom. The van der Waals surface area contributed by atoms with Gasteiger partial charge in [0.25, 0.3) is 11.0 Å². The van der Waals surface area contributed by atoms with Crippen molar-refractivity contribution < 1.29 is 9.53 Å². The molecule has 0 unspecified atom stereocenters. The van der Waals surface area contributed by atoms with Crippen LogP contribution in [0.1, 0.15) is 0 Å². The first-order chi connectivity index (χ1) is 6.54. The third-order valence-corrected chi connectivity index (χ3v) is 1.99. The average molecular weight is 196 g/mol. The first kappa shape index (κ1) is 8.23. The number of aromatic nitrogens is 2. The summed E-state index contributed by atoms with van der Waals surface area (Å²) in [6.45, 7) is 0. The van der Waals surface area contributed by atoms with Crippen LogP contribution in [0.25, 0.3) is 11.0 Å². The third kappa shape index (κ3) is 0.762. The van der Waals surface area contributed by atoms with Gasteiger partial charge in [-0.1, -0.05) is 0 Å². The molecule has 0 spiro atoms. The van der Waals surface area contributed by atoms with Crippen molar-refractivity contribution in [1.29, 1.82) is 0 Å². The largest absolute Gasteiger partial charge is 0.395 e. The normalized spacial score (nSPS) is 10.9. The van der Waals surface area contributed by atoms with E-state index in [1.165, 1.54) is 0 Å². The van der Waals surface area contributed by atoms with Crippen LogP contribution in [0.3, 0.4) is 0 Å². The van der Waals surface area contributed by atoms with Crippen LogP contribution in [0.5, 0.6) is 0 Å². The first-order valence-corrected chi connectivity index (χ1v) is 3.65. The topological polar surface area (TPSA) is 157 Å². The first-order valence-electron chi connectivity index (χ1n) is 3.65. The molecule has 1 aromatic carbocycles. The van der Waals surface area contributed by atoms with Gasteiger partial charge < -0.3 is 28.1 Å². The van der Waals surface area contributed by atoms with Gasteiger partial charge in [-0.3, -0.25) is 4.63 Å². The van der Waals surface area contributed by atoms with E-state index in [0.717, 1.165) is 0 Å². The van der Waals surface area contributed by atoms with Crippen LogP contribution in [0, 0.1) is 5.21 Å². The van der Waals surface area contributed by atoms with E-state index in [0.29, 0.717) is 0 Å². The maximum Gasteiger partial charge on any atom is 0.275 e. The lowest BCUT2D eigenvalue weighted by atomic mass is 10.1. The Labute approximate surface area is 77.6 Å². The number of nitrogens with zero attached hydrogens (tertiary/aromatic N) is 2. The summed E-state index contributed by atoms with van der Waals surface area (Å²) in [5.41, 5.74) is 22.6. The van der Waals surface area contributed by atoms with E-state index in [4.69, 9.17) is 22.9 Å². The van der Waals surface area contributed by atoms with E-state index < -0.39 is 0 Å². The van der Waals surface area contributed by atoms with Crippen LogP contribution in [-0.4, -0.2) is 5.16 Å². The van der Waals surface area contributed by atoms with E-state index in [1.54, 1.807) is 0 Å². The van der Waals surface area contributed by atoms with Crippen LogP contribution >= 0.6 is 0 Å². The van der Waals surface area contributed by atoms with E-state index >= 15 is 0 Å². The molecule has 8 N–H and O–H groups in total. The summed E-state index contributed by atoms with van der Waals surface area (Å²) >= 11 is 0. The van der Waals surface area contributed by atoms with Crippen molar-refractivity contribution in [2.45, 2.75) is 0 Å². The number of nitrogen functional groups attached to an aromatic ring is 4. The fraction of sp³-hybridized carbons (Fsp3) is 0. The Hall–Kier alpha value is -2.38. The Balaban J connectivity index is 3.05. The summed E-state index contributed by atoms with van der Waals surface area (Å²) in [5.74, 6) is 0. The summed E-state index contributed by atoms with van der Waals surface area (Å²) in [6.07, 6.45) is 0. The molecule has 0 aliphatic rings. The van der Waals surface area contributed by atoms with E-state index in [2.05, 4.69) is 9.79 Å². The summed E-state index contributed by atoms with van der Waals surface area (Å²) in [7, 11) is 0. The fourth-order valence-corrected chi connectivity index (χ4v) is 1.20. The molecule has 0 atom stereocenters. The SMILES string of the molecule is Nc1c(N)c(N)c2c(no[n+]2[O-])c1N. The smallest absolute Gasteiger partial charge is 0.275 e. The zero-order valence-corrected chi connectivity index (χ0v) is 7.02. The molecule has 74 valence electrons. The second-order valence-electron chi connectivity index (χ2n) is 2.78. The van der Waals surface area contributed by atoms with Crippen molar-refractivity contribution in [2.75, 3.05) is 22.9 Å². The van der Waals surface area contributed by atoms with Crippen molar-refractivity contribution in [3.05, 3.63) is 5.21 Å². The quantitative estimate of drug-likeness (QED) is 0.304. The predicted molar refractivity (Wildman–Crippen MR) is 50.6 cm³/mol. The summed E-state index contributed by atoms with van der Waals surface area (Å²) in [5, 5.41) is 14.5. The van der Waals surface area contributed by atoms with Gasteiger partial charge in [0.1, 0.15) is 11.4 Å². The second kappa shape index (κ2) is 2.31. The molecule has 0 radical (unpaired) electrons. The number of hydrogen-bond donors (Lipinski definition) is 4. The molecule has 2 rings (SSSR count). The Kier molecular flexibility index (Phi) is 1.36. The predicted octanol–water partition coefficient (Wildman–Crippen LogP) is -1.21. The third-order valence-electron chi connectivity index (χ3n) is 1.99. The van der Waals surface area contributed by atoms with Crippen molar-refractivity contribution in [3.63, 3.8) is 0 Å². The van der Waals surface area contributed by atoms with Gasteiger partial charge in [-0.05, 0) is 4.90 Å². The van der Waals surface area contributed by atoms with Gasteiger partial charge in [-0.15, -0.1) is 0 Å². The molecule has 2 aromatic rings. The fourth-order valence-electron chi connectivity index (χ4n) is 1.20. The molecule has 0 bridgehead atoms. The van der Waals surface area contributed by atoms with Crippen LogP contribution in [0.2, 0.25) is 0 Å². The second-order valence-corrected chi connectivity index (χ2v) is 2.78. The van der Waals surface area contributed by atoms with Crippen molar-refractivity contribution in [1.82, 2.24) is 5.16 Å². The Morgan fingerprint density at radius 3 is 2.21 bits per heavy atom. The van der Waals surface area contributed by atoms with Gasteiger partial charge in [-0.25, -0.2) is 0 Å². The molecule has 0 saturated heterocycles. The minimum Gasteiger partial charge on any atom is -0.395 e. The lowest BCUT2D eigenvalue weighted by molar-refractivity contribution is -0.781. The molecule has 14 heavy (non-hydrogen) atoms. The zero-order valence-electron chi connectivity index (χ0n) is 7.02. The number of anilines is 4. The molecule has 8 nitrogen and oxygen atoms in total. The van der Waals surface area contributed by atoms with Gasteiger partial charge in [0.15, 0.2) is 0 Å². The van der Waals surface area contributed by atoms with E-state index in [1.807, 2.05) is 0 Å². The molecule has 1 heterocycles. The lowest BCUT2D eigenvalue weighted by Crippen LogP contribution is -2.24. The minimum absolute atomic E-state index is 0.00537. The summed E-state index contributed by atoms with van der Waals surface area (Å²) in [6, 6.07) is 0. The van der Waals surface area contributed by atoms with Crippen molar-refractivity contribution in [3.8, 4) is 0 Å². The van der Waals surface area contributed by atoms with Gasteiger partial charge in [0.2, 0.25) is 0 Å². The van der Waals surface area contributed by atoms with E-state index in [9.17, 15) is 5.21 Å². The molecule has 0 aliphatic carbocycles. The molecule has 0 aliphatic heterocycles. The molecule has 1 aromatic heterocycles. The standard InChI is InChI=1S/C6H8N6O2/c7-1-2(8)4(10)6-5(3(1)9)11-14-12(6)13/h7-10H2. The van der Waals surface area contributed by atoms with Gasteiger partial charge >= 0.3 is 0 Å². The Morgan fingerprint density at radius 2 is 1.57 bits per heavy atom. The molecule has 0 fully saturated rings. The van der Waals surface area contributed by atoms with Crippen molar-refractivity contribution in [2.24, 2.45) is 0 Å². The van der Waals surface area contributed by atoms with Crippen LogP contribution in [-0.2, 0) is 0 Å². The van der Waals surface area contributed by atoms with Crippen LogP contribution in [0.4, 0.5) is 22.7 Å². The number of hydrogen-bond acceptors (Lipinski definition) is 7. The van der Waals surface area contributed by atoms with Gasteiger partial charge in [0, 0.05) is 5.16 Å². The number of nitrogens with two attached hydrogens (primary N) is 4. The number of fused-ring (bicyclic) bond motifs is 1. The zero-order chi connectivity index (χ0) is 10.5. The molecule has 8 heteroatoms. The molecular weight excluding hydrogens is 188 g/mol. The maximum atomic E-state index is 11.1. The number of benzene rings is 1.